The molecule has 6 heteroatoms. The van der Waals surface area contributed by atoms with Crippen LogP contribution in [-0.4, -0.2) is 25.8 Å². The summed E-state index contributed by atoms with van der Waals surface area (Å²) in [5.41, 5.74) is 16.2. The topological polar surface area (TPSA) is 94.9 Å². The summed E-state index contributed by atoms with van der Waals surface area (Å²) in [7, 11) is 3.29. The van der Waals surface area contributed by atoms with E-state index in [1.807, 2.05) is 36.5 Å². The number of aliphatic imine (C=N–C) groups is 1. The maximum absolute atomic E-state index is 6.79. The average molecular weight is 395 g/mol. The summed E-state index contributed by atoms with van der Waals surface area (Å²) in [6.07, 6.45) is 3.07. The molecule has 0 fully saturated rings. The number of nitrogens with two attached hydrogens (primary N) is 2. The highest BCUT2D eigenvalue weighted by Gasteiger charge is 2.33. The molecule has 0 radical (unpaired) electrons. The fraction of sp³-hybridized carbons (Fsp3) is 0.348. The molecule has 1 aliphatic rings. The molecule has 0 spiro atoms. The van der Waals surface area contributed by atoms with Gasteiger partial charge in [-0.1, -0.05) is 44.2 Å². The van der Waals surface area contributed by atoms with Crippen molar-refractivity contribution in [2.24, 2.45) is 16.5 Å². The van der Waals surface area contributed by atoms with Crippen molar-refractivity contribution in [1.29, 1.82) is 0 Å². The Balaban J connectivity index is 1.99. The van der Waals surface area contributed by atoms with Gasteiger partial charge in [0.2, 0.25) is 0 Å². The number of hydrogen-bond acceptors (Lipinski definition) is 6. The molecule has 29 heavy (non-hydrogen) atoms. The van der Waals surface area contributed by atoms with Crippen LogP contribution in [0.3, 0.4) is 0 Å². The Morgan fingerprint density at radius 2 is 1.72 bits per heavy atom. The van der Waals surface area contributed by atoms with Crippen LogP contribution in [0, 0.1) is 0 Å². The van der Waals surface area contributed by atoms with Crippen LogP contribution in [-0.2, 0) is 12.8 Å². The molecule has 0 aliphatic carbocycles. The van der Waals surface area contributed by atoms with E-state index in [1.165, 1.54) is 5.56 Å². The van der Waals surface area contributed by atoms with Gasteiger partial charge in [-0.15, -0.1) is 0 Å². The maximum atomic E-state index is 6.79. The van der Waals surface area contributed by atoms with Gasteiger partial charge in [0.1, 0.15) is 5.66 Å². The number of rotatable bonds is 7. The van der Waals surface area contributed by atoms with Gasteiger partial charge in [0, 0.05) is 12.6 Å². The summed E-state index contributed by atoms with van der Waals surface area (Å²) < 4.78 is 11.0. The van der Waals surface area contributed by atoms with Crippen molar-refractivity contribution >= 4 is 5.96 Å². The number of guanidine groups is 1. The van der Waals surface area contributed by atoms with Crippen molar-refractivity contribution in [3.05, 3.63) is 70.9 Å². The molecule has 0 saturated carbocycles. The van der Waals surface area contributed by atoms with Gasteiger partial charge in [0.15, 0.2) is 17.5 Å². The predicted octanol–water partition coefficient (Wildman–Crippen LogP) is 3.07. The van der Waals surface area contributed by atoms with E-state index in [1.54, 1.807) is 14.2 Å². The first kappa shape index (κ1) is 20.7. The smallest absolute Gasteiger partial charge is 0.194 e. The molecule has 2 aromatic carbocycles. The van der Waals surface area contributed by atoms with E-state index in [0.717, 1.165) is 22.4 Å². The van der Waals surface area contributed by atoms with Crippen LogP contribution in [0.5, 0.6) is 11.5 Å². The van der Waals surface area contributed by atoms with Crippen LogP contribution < -0.4 is 26.3 Å². The second kappa shape index (κ2) is 8.57. The highest BCUT2D eigenvalue weighted by Crippen LogP contribution is 2.36. The minimum atomic E-state index is -0.919. The molecule has 3 rings (SSSR count). The molecule has 1 atom stereocenters. The van der Waals surface area contributed by atoms with Crippen LogP contribution in [0.2, 0.25) is 0 Å². The summed E-state index contributed by atoms with van der Waals surface area (Å²) >= 11 is 0. The third kappa shape index (κ3) is 4.54. The molecule has 2 aromatic rings. The van der Waals surface area contributed by atoms with Crippen molar-refractivity contribution in [1.82, 2.24) is 5.32 Å². The van der Waals surface area contributed by atoms with Crippen LogP contribution >= 0.6 is 0 Å². The molecule has 0 bridgehead atoms. The molecule has 1 heterocycles. The molecular weight excluding hydrogens is 364 g/mol. The highest BCUT2D eigenvalue weighted by molar-refractivity contribution is 5.81. The maximum Gasteiger partial charge on any atom is 0.194 e. The second-order valence-electron chi connectivity index (χ2n) is 7.64. The Labute approximate surface area is 172 Å². The van der Waals surface area contributed by atoms with E-state index in [2.05, 4.69) is 36.3 Å². The number of methoxy groups -OCH3 is 2. The number of nitrogens with zero attached hydrogens (tertiary/aromatic N) is 1. The quantitative estimate of drug-likeness (QED) is 0.671. The summed E-state index contributed by atoms with van der Waals surface area (Å²) in [6.45, 7) is 4.32. The minimum absolute atomic E-state index is 0.317. The summed E-state index contributed by atoms with van der Waals surface area (Å²) in [6, 6.07) is 14.2. The number of ether oxygens (including phenoxy) is 2. The van der Waals surface area contributed by atoms with Gasteiger partial charge >= 0.3 is 0 Å². The van der Waals surface area contributed by atoms with Gasteiger partial charge in [-0.2, -0.15) is 0 Å². The predicted molar refractivity (Wildman–Crippen MR) is 117 cm³/mol. The first-order valence-electron chi connectivity index (χ1n) is 9.75. The zero-order valence-electron chi connectivity index (χ0n) is 17.5. The van der Waals surface area contributed by atoms with Crippen molar-refractivity contribution < 1.29 is 9.47 Å². The molecule has 154 valence electrons. The summed E-state index contributed by atoms with van der Waals surface area (Å²) in [5, 5.41) is 3.02. The van der Waals surface area contributed by atoms with Crippen LogP contribution in [0.25, 0.3) is 0 Å². The van der Waals surface area contributed by atoms with Crippen molar-refractivity contribution in [2.45, 2.75) is 38.3 Å². The highest BCUT2D eigenvalue weighted by atomic mass is 16.5. The summed E-state index contributed by atoms with van der Waals surface area (Å²) in [4.78, 5) is 4.57. The lowest BCUT2D eigenvalue weighted by Crippen LogP contribution is -2.50. The molecule has 1 aliphatic heterocycles. The van der Waals surface area contributed by atoms with Gasteiger partial charge in [0.25, 0.3) is 0 Å². The van der Waals surface area contributed by atoms with E-state index < -0.39 is 5.66 Å². The molecule has 0 saturated heterocycles. The number of nitrogens with one attached hydrogen (secondary N) is 1. The van der Waals surface area contributed by atoms with Crippen LogP contribution in [0.1, 0.15) is 36.5 Å². The zero-order valence-corrected chi connectivity index (χ0v) is 17.5. The van der Waals surface area contributed by atoms with Crippen molar-refractivity contribution in [3.8, 4) is 11.5 Å². The standard InChI is InChI=1S/C23H30N4O2/c1-15(2)19-12-21(29-4)20(28-3)11-17(19)10-18-14-26-22(24)27-23(18,25)13-16-8-6-5-7-9-16/h5-9,11-12,14-15H,10,13,25H2,1-4H3,(H3,24,26,27). The number of benzene rings is 2. The molecule has 1 unspecified atom stereocenters. The summed E-state index contributed by atoms with van der Waals surface area (Å²) in [5.74, 6) is 2.06. The molecule has 6 nitrogen and oxygen atoms in total. The fourth-order valence-corrected chi connectivity index (χ4v) is 3.70. The largest absolute Gasteiger partial charge is 0.493 e. The van der Waals surface area contributed by atoms with E-state index in [9.17, 15) is 0 Å². The Bertz CT molecular complexity index is 922. The van der Waals surface area contributed by atoms with E-state index in [-0.39, 0.29) is 0 Å². The van der Waals surface area contributed by atoms with E-state index in [4.69, 9.17) is 20.9 Å². The van der Waals surface area contributed by atoms with Gasteiger partial charge in [0.05, 0.1) is 14.2 Å². The Morgan fingerprint density at radius 3 is 2.34 bits per heavy atom. The van der Waals surface area contributed by atoms with Crippen molar-refractivity contribution in [3.63, 3.8) is 0 Å². The van der Waals surface area contributed by atoms with E-state index >= 15 is 0 Å². The minimum Gasteiger partial charge on any atom is -0.493 e. The van der Waals surface area contributed by atoms with Gasteiger partial charge < -0.3 is 26.3 Å². The average Bonchev–Trinajstić information content (AvgIpc) is 2.70. The van der Waals surface area contributed by atoms with Gasteiger partial charge in [-0.3, -0.25) is 0 Å². The molecule has 0 amide bonds. The normalized spacial score (nSPS) is 18.7. The number of hydrogen-bond donors (Lipinski definition) is 3. The first-order valence-corrected chi connectivity index (χ1v) is 9.75. The first-order chi connectivity index (χ1) is 13.9. The SMILES string of the molecule is COc1cc(CC2=CNC(N)=NC2(N)Cc2ccccc2)c(C(C)C)cc1OC. The third-order valence-electron chi connectivity index (χ3n) is 5.24. The third-order valence-corrected chi connectivity index (χ3v) is 5.24. The van der Waals surface area contributed by atoms with Crippen LogP contribution in [0.4, 0.5) is 0 Å². The molecule has 5 N–H and O–H groups in total. The zero-order chi connectivity index (χ0) is 21.0. The Hall–Kier alpha value is -2.99. The molecular formula is C23H30N4O2. The Kier molecular flexibility index (Phi) is 6.13. The molecule has 0 aromatic heterocycles. The lowest BCUT2D eigenvalue weighted by molar-refractivity contribution is 0.354. The van der Waals surface area contributed by atoms with E-state index in [0.29, 0.717) is 30.5 Å². The van der Waals surface area contributed by atoms with Gasteiger partial charge in [-0.05, 0) is 46.7 Å². The Morgan fingerprint density at radius 1 is 1.07 bits per heavy atom. The van der Waals surface area contributed by atoms with Crippen molar-refractivity contribution in [2.75, 3.05) is 14.2 Å². The fourth-order valence-electron chi connectivity index (χ4n) is 3.70. The van der Waals surface area contributed by atoms with Crippen LogP contribution in [0.15, 0.2) is 59.2 Å². The van der Waals surface area contributed by atoms with Gasteiger partial charge in [-0.25, -0.2) is 4.99 Å². The lowest BCUT2D eigenvalue weighted by Gasteiger charge is -2.33. The second-order valence-corrected chi connectivity index (χ2v) is 7.64. The lowest BCUT2D eigenvalue weighted by atomic mass is 9.85. The monoisotopic (exact) mass is 394 g/mol.